The molecule has 116 valence electrons. The Morgan fingerprint density at radius 2 is 2.15 bits per heavy atom. The molecule has 0 bridgehead atoms. The molecular formula is C11H20N2O6S. The van der Waals surface area contributed by atoms with Gasteiger partial charge in [-0.05, 0) is 25.3 Å². The second-order valence-corrected chi connectivity index (χ2v) is 6.69. The number of aliphatic carboxylic acids is 1. The third kappa shape index (κ3) is 5.43. The smallest absolute Gasteiger partial charge is 0.322 e. The van der Waals surface area contributed by atoms with Crippen molar-refractivity contribution >= 4 is 22.0 Å². The summed E-state index contributed by atoms with van der Waals surface area (Å²) < 4.78 is 29.6. The molecule has 9 heteroatoms. The Kier molecular flexibility index (Phi) is 6.37. The molecule has 0 amide bonds. The highest BCUT2D eigenvalue weighted by molar-refractivity contribution is 7.89. The third-order valence-corrected chi connectivity index (χ3v) is 4.83. The van der Waals surface area contributed by atoms with Crippen LogP contribution in [0.1, 0.15) is 12.8 Å². The Labute approximate surface area is 118 Å². The summed E-state index contributed by atoms with van der Waals surface area (Å²) in [5.41, 5.74) is 0. The van der Waals surface area contributed by atoms with E-state index in [0.29, 0.717) is 26.1 Å². The van der Waals surface area contributed by atoms with Gasteiger partial charge in [0.1, 0.15) is 0 Å². The fourth-order valence-electron chi connectivity index (χ4n) is 2.13. The minimum Gasteiger partial charge on any atom is -0.480 e. The van der Waals surface area contributed by atoms with Crippen molar-refractivity contribution < 1.29 is 27.9 Å². The summed E-state index contributed by atoms with van der Waals surface area (Å²) in [7, 11) is -2.51. The van der Waals surface area contributed by atoms with E-state index in [1.807, 2.05) is 0 Å². The monoisotopic (exact) mass is 308 g/mol. The Morgan fingerprint density at radius 1 is 1.45 bits per heavy atom. The first-order valence-electron chi connectivity index (χ1n) is 6.32. The maximum atomic E-state index is 12.0. The number of piperidine rings is 1. The average Bonchev–Trinajstić information content (AvgIpc) is 2.38. The SMILES string of the molecule is COC(=O)CS(=O)(=O)N1CCCC(CNCC(=O)O)C1. The number of nitrogens with one attached hydrogen (secondary N) is 1. The molecule has 8 nitrogen and oxygen atoms in total. The van der Waals surface area contributed by atoms with E-state index in [9.17, 15) is 18.0 Å². The van der Waals surface area contributed by atoms with Gasteiger partial charge < -0.3 is 15.2 Å². The number of hydrogen-bond acceptors (Lipinski definition) is 6. The number of carbonyl (C=O) groups excluding carboxylic acids is 1. The van der Waals surface area contributed by atoms with Crippen molar-refractivity contribution in [3.05, 3.63) is 0 Å². The number of esters is 1. The van der Waals surface area contributed by atoms with Crippen molar-refractivity contribution in [2.24, 2.45) is 5.92 Å². The van der Waals surface area contributed by atoms with Gasteiger partial charge in [0, 0.05) is 13.1 Å². The average molecular weight is 308 g/mol. The summed E-state index contributed by atoms with van der Waals surface area (Å²) in [6.07, 6.45) is 1.52. The van der Waals surface area contributed by atoms with E-state index in [1.54, 1.807) is 0 Å². The van der Waals surface area contributed by atoms with Crippen LogP contribution in [-0.2, 0) is 24.3 Å². The number of hydrogen-bond donors (Lipinski definition) is 2. The summed E-state index contributed by atoms with van der Waals surface area (Å²) in [5, 5.41) is 11.3. The molecule has 1 rings (SSSR count). The van der Waals surface area contributed by atoms with Gasteiger partial charge in [0.25, 0.3) is 0 Å². The maximum Gasteiger partial charge on any atom is 0.322 e. The van der Waals surface area contributed by atoms with Crippen LogP contribution in [0.15, 0.2) is 0 Å². The van der Waals surface area contributed by atoms with Crippen molar-refractivity contribution in [1.82, 2.24) is 9.62 Å². The fraction of sp³-hybridized carbons (Fsp3) is 0.818. The number of carboxylic acids is 1. The Bertz CT molecular complexity index is 450. The summed E-state index contributed by atoms with van der Waals surface area (Å²) >= 11 is 0. The van der Waals surface area contributed by atoms with Crippen LogP contribution in [0.4, 0.5) is 0 Å². The Hall–Kier alpha value is -1.19. The largest absolute Gasteiger partial charge is 0.480 e. The molecule has 1 aliphatic heterocycles. The number of ether oxygens (including phenoxy) is 1. The Morgan fingerprint density at radius 3 is 2.75 bits per heavy atom. The molecule has 1 atom stereocenters. The molecule has 1 aliphatic rings. The van der Waals surface area contributed by atoms with E-state index >= 15 is 0 Å². The molecule has 0 aromatic heterocycles. The topological polar surface area (TPSA) is 113 Å². The summed E-state index contributed by atoms with van der Waals surface area (Å²) in [5.74, 6) is -2.33. The van der Waals surface area contributed by atoms with Gasteiger partial charge in [-0.3, -0.25) is 9.59 Å². The first-order chi connectivity index (χ1) is 9.35. The standard InChI is InChI=1S/C11H20N2O6S/c1-19-11(16)8-20(17,18)13-4-2-3-9(7-13)5-12-6-10(14)15/h9,12H,2-8H2,1H3,(H,14,15). The molecule has 0 aromatic carbocycles. The number of carbonyl (C=O) groups is 2. The minimum absolute atomic E-state index is 0.0514. The van der Waals surface area contributed by atoms with Crippen LogP contribution < -0.4 is 5.32 Å². The van der Waals surface area contributed by atoms with Crippen LogP contribution in [0.3, 0.4) is 0 Å². The summed E-state index contributed by atoms with van der Waals surface area (Å²) in [4.78, 5) is 21.5. The van der Waals surface area contributed by atoms with E-state index in [0.717, 1.165) is 13.5 Å². The number of carboxylic acid groups (broad SMARTS) is 1. The first kappa shape index (κ1) is 16.9. The van der Waals surface area contributed by atoms with E-state index in [-0.39, 0.29) is 12.5 Å². The molecule has 0 saturated carbocycles. The molecule has 2 N–H and O–H groups in total. The van der Waals surface area contributed by atoms with Gasteiger partial charge in [0.2, 0.25) is 10.0 Å². The number of nitrogens with zero attached hydrogens (tertiary/aromatic N) is 1. The first-order valence-corrected chi connectivity index (χ1v) is 7.93. The second kappa shape index (κ2) is 7.55. The van der Waals surface area contributed by atoms with Crippen LogP contribution in [-0.4, -0.2) is 68.8 Å². The van der Waals surface area contributed by atoms with Crippen LogP contribution in [0.25, 0.3) is 0 Å². The van der Waals surface area contributed by atoms with Crippen LogP contribution >= 0.6 is 0 Å². The lowest BCUT2D eigenvalue weighted by Crippen LogP contribution is -2.45. The highest BCUT2D eigenvalue weighted by Gasteiger charge is 2.30. The van der Waals surface area contributed by atoms with E-state index in [4.69, 9.17) is 5.11 Å². The predicted molar refractivity (Wildman–Crippen MR) is 70.6 cm³/mol. The van der Waals surface area contributed by atoms with Gasteiger partial charge in [-0.2, -0.15) is 0 Å². The molecule has 1 heterocycles. The van der Waals surface area contributed by atoms with Crippen molar-refractivity contribution in [3.8, 4) is 0 Å². The number of methoxy groups -OCH3 is 1. The molecular weight excluding hydrogens is 288 g/mol. The van der Waals surface area contributed by atoms with Crippen molar-refractivity contribution in [1.29, 1.82) is 0 Å². The maximum absolute atomic E-state index is 12.0. The number of sulfonamides is 1. The Balaban J connectivity index is 2.51. The zero-order valence-corrected chi connectivity index (χ0v) is 12.2. The van der Waals surface area contributed by atoms with Crippen LogP contribution in [0.2, 0.25) is 0 Å². The molecule has 0 radical (unpaired) electrons. The van der Waals surface area contributed by atoms with E-state index in [2.05, 4.69) is 10.1 Å². The van der Waals surface area contributed by atoms with Gasteiger partial charge >= 0.3 is 11.9 Å². The predicted octanol–water partition coefficient (Wildman–Crippen LogP) is -1.12. The molecule has 1 saturated heterocycles. The zero-order chi connectivity index (χ0) is 15.2. The lowest BCUT2D eigenvalue weighted by molar-refractivity contribution is -0.138. The highest BCUT2D eigenvalue weighted by atomic mass is 32.2. The zero-order valence-electron chi connectivity index (χ0n) is 11.4. The van der Waals surface area contributed by atoms with Gasteiger partial charge in [0.15, 0.2) is 5.75 Å². The summed E-state index contributed by atoms with van der Waals surface area (Å²) in [6, 6.07) is 0. The lowest BCUT2D eigenvalue weighted by Gasteiger charge is -2.31. The normalized spacial score (nSPS) is 20.6. The van der Waals surface area contributed by atoms with Crippen molar-refractivity contribution in [3.63, 3.8) is 0 Å². The van der Waals surface area contributed by atoms with E-state index < -0.39 is 27.7 Å². The molecule has 0 aromatic rings. The van der Waals surface area contributed by atoms with Crippen LogP contribution in [0.5, 0.6) is 0 Å². The fourth-order valence-corrected chi connectivity index (χ4v) is 3.57. The van der Waals surface area contributed by atoms with Gasteiger partial charge in [-0.25, -0.2) is 12.7 Å². The van der Waals surface area contributed by atoms with Gasteiger partial charge in [0.05, 0.1) is 13.7 Å². The van der Waals surface area contributed by atoms with Crippen molar-refractivity contribution in [2.75, 3.05) is 39.0 Å². The van der Waals surface area contributed by atoms with Gasteiger partial charge in [-0.15, -0.1) is 0 Å². The molecule has 20 heavy (non-hydrogen) atoms. The molecule has 1 unspecified atom stereocenters. The lowest BCUT2D eigenvalue weighted by atomic mass is 10.00. The van der Waals surface area contributed by atoms with Crippen LogP contribution in [0, 0.1) is 5.92 Å². The number of rotatable bonds is 7. The second-order valence-electron chi connectivity index (χ2n) is 4.72. The van der Waals surface area contributed by atoms with Gasteiger partial charge in [-0.1, -0.05) is 0 Å². The quantitative estimate of drug-likeness (QED) is 0.572. The van der Waals surface area contributed by atoms with E-state index in [1.165, 1.54) is 4.31 Å². The summed E-state index contributed by atoms with van der Waals surface area (Å²) in [6.45, 7) is 0.975. The molecule has 1 fully saturated rings. The minimum atomic E-state index is -3.65. The molecule has 0 aliphatic carbocycles. The third-order valence-electron chi connectivity index (χ3n) is 3.11. The highest BCUT2D eigenvalue weighted by Crippen LogP contribution is 2.19. The molecule has 0 spiro atoms. The van der Waals surface area contributed by atoms with Crippen molar-refractivity contribution in [2.45, 2.75) is 12.8 Å².